The molecule has 5 rings (SSSR count). The standard InChI is InChI=1S/C17H20N4/c1-3-14-16(19-8-1)20-10-2-4-15(20)17(7-9-18-12-17)21(14)11-13-5-6-13/h1-4,8,10,13,18H,5-7,9,11-12H2. The average molecular weight is 280 g/mol. The van der Waals surface area contributed by atoms with Gasteiger partial charge in [-0.1, -0.05) is 0 Å². The van der Waals surface area contributed by atoms with Gasteiger partial charge in [0.05, 0.1) is 16.9 Å². The fourth-order valence-electron chi connectivity index (χ4n) is 4.06. The molecule has 1 N–H and O–H groups in total. The molecule has 1 aliphatic carbocycles. The molecular weight excluding hydrogens is 260 g/mol. The molecule has 1 spiro atoms. The molecule has 21 heavy (non-hydrogen) atoms. The van der Waals surface area contributed by atoms with Crippen LogP contribution in [-0.2, 0) is 5.54 Å². The lowest BCUT2D eigenvalue weighted by Gasteiger charge is -2.47. The van der Waals surface area contributed by atoms with Gasteiger partial charge < -0.3 is 14.8 Å². The molecule has 3 aliphatic rings. The summed E-state index contributed by atoms with van der Waals surface area (Å²) in [7, 11) is 0. The summed E-state index contributed by atoms with van der Waals surface area (Å²) in [6.07, 6.45) is 8.02. The predicted molar refractivity (Wildman–Crippen MR) is 82.8 cm³/mol. The van der Waals surface area contributed by atoms with Crippen LogP contribution >= 0.6 is 0 Å². The molecule has 2 aliphatic heterocycles. The molecule has 4 heterocycles. The minimum Gasteiger partial charge on any atom is -0.356 e. The Morgan fingerprint density at radius 3 is 3.05 bits per heavy atom. The molecule has 0 amide bonds. The maximum atomic E-state index is 4.67. The lowest BCUT2D eigenvalue weighted by molar-refractivity contribution is 0.396. The molecular formula is C17H20N4. The summed E-state index contributed by atoms with van der Waals surface area (Å²) in [4.78, 5) is 7.32. The van der Waals surface area contributed by atoms with Gasteiger partial charge in [0, 0.05) is 25.5 Å². The molecule has 2 aromatic rings. The SMILES string of the molecule is c1cnc2c(c1)N(CC1CC1)C1(CCNC1)c1cccn1-2. The second kappa shape index (κ2) is 4.10. The lowest BCUT2D eigenvalue weighted by Crippen LogP contribution is -2.52. The second-order valence-electron chi connectivity index (χ2n) is 6.62. The average Bonchev–Trinajstić information content (AvgIpc) is 3.02. The largest absolute Gasteiger partial charge is 0.356 e. The highest BCUT2D eigenvalue weighted by Crippen LogP contribution is 2.47. The van der Waals surface area contributed by atoms with Crippen molar-refractivity contribution in [2.45, 2.75) is 24.8 Å². The maximum Gasteiger partial charge on any atom is 0.160 e. The van der Waals surface area contributed by atoms with Crippen molar-refractivity contribution in [3.05, 3.63) is 42.4 Å². The molecule has 1 saturated carbocycles. The minimum absolute atomic E-state index is 0.113. The number of anilines is 1. The van der Waals surface area contributed by atoms with Crippen LogP contribution in [0.2, 0.25) is 0 Å². The van der Waals surface area contributed by atoms with Crippen LogP contribution in [0.4, 0.5) is 5.69 Å². The highest BCUT2D eigenvalue weighted by atomic mass is 15.3. The molecule has 0 aromatic carbocycles. The van der Waals surface area contributed by atoms with E-state index in [0.29, 0.717) is 0 Å². The quantitative estimate of drug-likeness (QED) is 0.916. The van der Waals surface area contributed by atoms with E-state index in [-0.39, 0.29) is 5.54 Å². The Hall–Kier alpha value is -1.81. The van der Waals surface area contributed by atoms with Gasteiger partial charge in [0.15, 0.2) is 5.82 Å². The van der Waals surface area contributed by atoms with Gasteiger partial charge >= 0.3 is 0 Å². The minimum atomic E-state index is 0.113. The van der Waals surface area contributed by atoms with Crippen molar-refractivity contribution in [2.24, 2.45) is 5.92 Å². The van der Waals surface area contributed by atoms with E-state index >= 15 is 0 Å². The van der Waals surface area contributed by atoms with Gasteiger partial charge in [-0.3, -0.25) is 0 Å². The van der Waals surface area contributed by atoms with Crippen molar-refractivity contribution in [3.8, 4) is 5.82 Å². The fraction of sp³-hybridized carbons (Fsp3) is 0.471. The van der Waals surface area contributed by atoms with Gasteiger partial charge in [-0.05, 0) is 56.0 Å². The van der Waals surface area contributed by atoms with Crippen molar-refractivity contribution in [3.63, 3.8) is 0 Å². The van der Waals surface area contributed by atoms with Crippen LogP contribution in [0.5, 0.6) is 0 Å². The molecule has 2 aromatic heterocycles. The Bertz CT molecular complexity index is 680. The molecule has 1 unspecified atom stereocenters. The van der Waals surface area contributed by atoms with Gasteiger partial charge in [0.2, 0.25) is 0 Å². The fourth-order valence-corrected chi connectivity index (χ4v) is 4.06. The first-order valence-electron chi connectivity index (χ1n) is 8.00. The van der Waals surface area contributed by atoms with E-state index in [2.05, 4.69) is 50.2 Å². The van der Waals surface area contributed by atoms with Crippen LogP contribution in [0.3, 0.4) is 0 Å². The van der Waals surface area contributed by atoms with Crippen molar-refractivity contribution in [2.75, 3.05) is 24.5 Å². The molecule has 2 fully saturated rings. The number of fused-ring (bicyclic) bond motifs is 4. The van der Waals surface area contributed by atoms with Crippen LogP contribution in [-0.4, -0.2) is 29.2 Å². The lowest BCUT2D eigenvalue weighted by atomic mass is 9.88. The molecule has 4 nitrogen and oxygen atoms in total. The van der Waals surface area contributed by atoms with Crippen molar-refractivity contribution in [1.82, 2.24) is 14.9 Å². The van der Waals surface area contributed by atoms with Crippen LogP contribution in [0.1, 0.15) is 25.0 Å². The molecule has 1 saturated heterocycles. The second-order valence-corrected chi connectivity index (χ2v) is 6.62. The Morgan fingerprint density at radius 2 is 2.24 bits per heavy atom. The zero-order valence-corrected chi connectivity index (χ0v) is 12.1. The van der Waals surface area contributed by atoms with Gasteiger partial charge in [0.25, 0.3) is 0 Å². The summed E-state index contributed by atoms with van der Waals surface area (Å²) in [5.41, 5.74) is 2.82. The summed E-state index contributed by atoms with van der Waals surface area (Å²) < 4.78 is 2.30. The maximum absolute atomic E-state index is 4.67. The summed E-state index contributed by atoms with van der Waals surface area (Å²) in [6.45, 7) is 3.31. The highest BCUT2D eigenvalue weighted by Gasteiger charge is 2.48. The third-order valence-corrected chi connectivity index (χ3v) is 5.30. The first kappa shape index (κ1) is 11.8. The highest BCUT2D eigenvalue weighted by molar-refractivity contribution is 5.66. The molecule has 1 atom stereocenters. The third-order valence-electron chi connectivity index (χ3n) is 5.30. The molecule has 0 bridgehead atoms. The van der Waals surface area contributed by atoms with Crippen molar-refractivity contribution in [1.29, 1.82) is 0 Å². The van der Waals surface area contributed by atoms with E-state index in [9.17, 15) is 0 Å². The van der Waals surface area contributed by atoms with Gasteiger partial charge in [-0.2, -0.15) is 0 Å². The summed E-state index contributed by atoms with van der Waals surface area (Å²) in [5.74, 6) is 1.97. The monoisotopic (exact) mass is 280 g/mol. The summed E-state index contributed by atoms with van der Waals surface area (Å²) >= 11 is 0. The summed E-state index contributed by atoms with van der Waals surface area (Å²) in [6, 6.07) is 8.76. The molecule has 4 heteroatoms. The zero-order valence-electron chi connectivity index (χ0n) is 12.1. The predicted octanol–water partition coefficient (Wildman–Crippen LogP) is 2.29. The first-order valence-corrected chi connectivity index (χ1v) is 8.00. The van der Waals surface area contributed by atoms with E-state index in [1.807, 2.05) is 6.20 Å². The van der Waals surface area contributed by atoms with Crippen LogP contribution in [0.15, 0.2) is 36.7 Å². The number of pyridine rings is 1. The zero-order chi connectivity index (χ0) is 13.9. The number of nitrogens with zero attached hydrogens (tertiary/aromatic N) is 3. The third kappa shape index (κ3) is 1.57. The number of hydrogen-bond acceptors (Lipinski definition) is 3. The number of aromatic nitrogens is 2. The van der Waals surface area contributed by atoms with E-state index in [1.165, 1.54) is 37.2 Å². The van der Waals surface area contributed by atoms with E-state index in [1.54, 1.807) is 0 Å². The number of nitrogens with one attached hydrogen (secondary N) is 1. The molecule has 108 valence electrons. The smallest absolute Gasteiger partial charge is 0.160 e. The van der Waals surface area contributed by atoms with Gasteiger partial charge in [-0.25, -0.2) is 4.98 Å². The van der Waals surface area contributed by atoms with Crippen LogP contribution < -0.4 is 10.2 Å². The van der Waals surface area contributed by atoms with Gasteiger partial charge in [-0.15, -0.1) is 0 Å². The van der Waals surface area contributed by atoms with Crippen LogP contribution in [0, 0.1) is 5.92 Å². The normalized spacial score (nSPS) is 27.0. The number of rotatable bonds is 2. The van der Waals surface area contributed by atoms with E-state index in [4.69, 9.17) is 0 Å². The van der Waals surface area contributed by atoms with E-state index in [0.717, 1.165) is 24.8 Å². The Morgan fingerprint density at radius 1 is 1.29 bits per heavy atom. The Balaban J connectivity index is 1.74. The number of hydrogen-bond donors (Lipinski definition) is 1. The Kier molecular flexibility index (Phi) is 2.31. The Labute approximate surface area is 124 Å². The molecule has 0 radical (unpaired) electrons. The van der Waals surface area contributed by atoms with Gasteiger partial charge in [0.1, 0.15) is 0 Å². The topological polar surface area (TPSA) is 33.1 Å². The summed E-state index contributed by atoms with van der Waals surface area (Å²) in [5, 5.41) is 3.59. The first-order chi connectivity index (χ1) is 10.4. The van der Waals surface area contributed by atoms with Crippen molar-refractivity contribution >= 4 is 5.69 Å². The van der Waals surface area contributed by atoms with Crippen molar-refractivity contribution < 1.29 is 0 Å². The van der Waals surface area contributed by atoms with E-state index < -0.39 is 0 Å². The van der Waals surface area contributed by atoms with Crippen LogP contribution in [0.25, 0.3) is 5.82 Å².